The third-order valence-electron chi connectivity index (χ3n) is 2.87. The van der Waals surface area contributed by atoms with Crippen molar-refractivity contribution in [1.82, 2.24) is 5.32 Å². The molecule has 0 atom stereocenters. The van der Waals surface area contributed by atoms with Gasteiger partial charge in [0.25, 0.3) is 5.91 Å². The summed E-state index contributed by atoms with van der Waals surface area (Å²) in [5, 5.41) is 7.57. The highest BCUT2D eigenvalue weighted by Crippen LogP contribution is 2.18. The number of hydrogen-bond donors (Lipinski definition) is 2. The Morgan fingerprint density at radius 3 is 2.55 bits per heavy atom. The van der Waals surface area contributed by atoms with Gasteiger partial charge in [-0.25, -0.2) is 17.9 Å². The van der Waals surface area contributed by atoms with Gasteiger partial charge < -0.3 is 5.32 Å². The minimum atomic E-state index is -3.97. The molecule has 3 N–H and O–H groups in total. The van der Waals surface area contributed by atoms with Crippen molar-refractivity contribution in [2.75, 3.05) is 6.54 Å². The molecule has 0 aliphatic rings. The summed E-state index contributed by atoms with van der Waals surface area (Å²) in [6.07, 6.45) is 2.75. The van der Waals surface area contributed by atoms with Gasteiger partial charge in [0.15, 0.2) is 0 Å². The van der Waals surface area contributed by atoms with E-state index in [-0.39, 0.29) is 16.0 Å². The molecule has 0 spiro atoms. The fourth-order valence-electron chi connectivity index (χ4n) is 1.74. The number of aryl methyl sites for hydroxylation is 1. The van der Waals surface area contributed by atoms with E-state index in [2.05, 4.69) is 5.32 Å². The van der Waals surface area contributed by atoms with E-state index in [0.717, 1.165) is 31.4 Å². The average Bonchev–Trinajstić information content (AvgIpc) is 2.36. The van der Waals surface area contributed by atoms with Crippen molar-refractivity contribution in [2.24, 2.45) is 5.14 Å². The zero-order valence-electron chi connectivity index (χ0n) is 11.6. The number of unbranched alkanes of at least 4 members (excludes halogenated alkanes) is 2. The molecule has 0 radical (unpaired) electrons. The van der Waals surface area contributed by atoms with Crippen molar-refractivity contribution in [3.8, 4) is 0 Å². The fraction of sp³-hybridized carbons (Fsp3) is 0.462. The van der Waals surface area contributed by atoms with Gasteiger partial charge >= 0.3 is 0 Å². The molecule has 5 nitrogen and oxygen atoms in total. The zero-order valence-corrected chi connectivity index (χ0v) is 12.4. The summed E-state index contributed by atoms with van der Waals surface area (Å²) in [6.45, 7) is 3.84. The van der Waals surface area contributed by atoms with Crippen molar-refractivity contribution in [3.63, 3.8) is 0 Å². The fourth-order valence-corrected chi connectivity index (χ4v) is 2.36. The molecular weight excluding hydrogens is 283 g/mol. The summed E-state index contributed by atoms with van der Waals surface area (Å²) < 4.78 is 36.5. The van der Waals surface area contributed by atoms with Gasteiger partial charge in [0, 0.05) is 6.54 Å². The van der Waals surface area contributed by atoms with Gasteiger partial charge in [-0.1, -0.05) is 19.8 Å². The molecule has 0 unspecified atom stereocenters. The number of nitrogens with one attached hydrogen (secondary N) is 1. The summed E-state index contributed by atoms with van der Waals surface area (Å²) in [5.41, 5.74) is -0.235. The summed E-state index contributed by atoms with van der Waals surface area (Å²) >= 11 is 0. The van der Waals surface area contributed by atoms with Crippen molar-refractivity contribution < 1.29 is 17.6 Å². The molecule has 1 amide bonds. The van der Waals surface area contributed by atoms with E-state index in [1.54, 1.807) is 0 Å². The Labute approximate surface area is 118 Å². The van der Waals surface area contributed by atoms with Crippen LogP contribution in [0.2, 0.25) is 0 Å². The van der Waals surface area contributed by atoms with Crippen molar-refractivity contribution >= 4 is 15.9 Å². The quantitative estimate of drug-likeness (QED) is 0.784. The van der Waals surface area contributed by atoms with E-state index >= 15 is 0 Å². The number of carbonyl (C=O) groups is 1. The maximum atomic E-state index is 13.9. The minimum Gasteiger partial charge on any atom is -0.352 e. The first-order valence-electron chi connectivity index (χ1n) is 6.38. The number of amides is 1. The third kappa shape index (κ3) is 4.28. The van der Waals surface area contributed by atoms with Gasteiger partial charge in [0.05, 0.1) is 10.5 Å². The predicted octanol–water partition coefficient (Wildman–Crippen LogP) is 1.70. The topological polar surface area (TPSA) is 89.3 Å². The first-order valence-corrected chi connectivity index (χ1v) is 7.93. The lowest BCUT2D eigenvalue weighted by atomic mass is 10.1. The lowest BCUT2D eigenvalue weighted by Gasteiger charge is -2.09. The maximum absolute atomic E-state index is 13.9. The van der Waals surface area contributed by atoms with E-state index in [4.69, 9.17) is 5.14 Å². The molecule has 20 heavy (non-hydrogen) atoms. The number of sulfonamides is 1. The molecule has 0 aliphatic carbocycles. The zero-order chi connectivity index (χ0) is 15.3. The number of benzene rings is 1. The summed E-state index contributed by atoms with van der Waals surface area (Å²) in [5.74, 6) is -1.36. The molecule has 1 aromatic rings. The lowest BCUT2D eigenvalue weighted by molar-refractivity contribution is 0.0948. The molecule has 0 saturated carbocycles. The second kappa shape index (κ2) is 6.81. The monoisotopic (exact) mass is 302 g/mol. The van der Waals surface area contributed by atoms with E-state index in [1.807, 2.05) is 6.92 Å². The molecule has 7 heteroatoms. The van der Waals surface area contributed by atoms with Crippen LogP contribution in [0.15, 0.2) is 17.0 Å². The van der Waals surface area contributed by atoms with E-state index < -0.39 is 21.7 Å². The molecular formula is C13H19FN2O3S. The van der Waals surface area contributed by atoms with Crippen LogP contribution >= 0.6 is 0 Å². The highest BCUT2D eigenvalue weighted by atomic mass is 32.2. The SMILES string of the molecule is CCCCCNC(=O)c1cc(S(N)(=O)=O)cc(C)c1F. The van der Waals surface area contributed by atoms with Gasteiger partial charge in [-0.05, 0) is 31.0 Å². The molecule has 0 aromatic heterocycles. The molecule has 112 valence electrons. The van der Waals surface area contributed by atoms with Gasteiger partial charge in [-0.3, -0.25) is 4.79 Å². The Hall–Kier alpha value is -1.47. The van der Waals surface area contributed by atoms with E-state index in [0.29, 0.717) is 6.54 Å². The van der Waals surface area contributed by atoms with Crippen LogP contribution in [-0.4, -0.2) is 20.9 Å². The minimum absolute atomic E-state index is 0.0650. The van der Waals surface area contributed by atoms with Crippen LogP contribution in [0, 0.1) is 12.7 Å². The van der Waals surface area contributed by atoms with Crippen LogP contribution in [0.5, 0.6) is 0 Å². The summed E-state index contributed by atoms with van der Waals surface area (Å²) in [4.78, 5) is 11.6. The largest absolute Gasteiger partial charge is 0.352 e. The number of primary sulfonamides is 1. The number of nitrogens with two attached hydrogens (primary N) is 1. The lowest BCUT2D eigenvalue weighted by Crippen LogP contribution is -2.26. The molecule has 0 bridgehead atoms. The highest BCUT2D eigenvalue weighted by molar-refractivity contribution is 7.89. The Balaban J connectivity index is 2.99. The number of hydrogen-bond acceptors (Lipinski definition) is 3. The standard InChI is InChI=1S/C13H19FN2O3S/c1-3-4-5-6-16-13(17)11-8-10(20(15,18)19)7-9(2)12(11)14/h7-8H,3-6H2,1-2H3,(H,16,17)(H2,15,18,19). The van der Waals surface area contributed by atoms with Crippen LogP contribution in [0.25, 0.3) is 0 Å². The van der Waals surface area contributed by atoms with Gasteiger partial charge in [0.2, 0.25) is 10.0 Å². The number of carbonyl (C=O) groups excluding carboxylic acids is 1. The maximum Gasteiger partial charge on any atom is 0.254 e. The summed E-state index contributed by atoms with van der Waals surface area (Å²) in [7, 11) is -3.97. The second-order valence-corrected chi connectivity index (χ2v) is 6.17. The molecule has 0 fully saturated rings. The highest BCUT2D eigenvalue weighted by Gasteiger charge is 2.19. The average molecular weight is 302 g/mol. The van der Waals surface area contributed by atoms with Gasteiger partial charge in [-0.2, -0.15) is 0 Å². The van der Waals surface area contributed by atoms with Crippen LogP contribution in [-0.2, 0) is 10.0 Å². The Morgan fingerprint density at radius 1 is 1.35 bits per heavy atom. The smallest absolute Gasteiger partial charge is 0.254 e. The van der Waals surface area contributed by atoms with Crippen LogP contribution in [0.4, 0.5) is 4.39 Å². The second-order valence-electron chi connectivity index (χ2n) is 4.61. The first kappa shape index (κ1) is 16.6. The molecule has 0 aliphatic heterocycles. The van der Waals surface area contributed by atoms with Crippen LogP contribution in [0.1, 0.15) is 42.1 Å². The van der Waals surface area contributed by atoms with E-state index in [1.165, 1.54) is 6.92 Å². The number of rotatable bonds is 6. The third-order valence-corrected chi connectivity index (χ3v) is 3.76. The molecule has 1 rings (SSSR count). The van der Waals surface area contributed by atoms with Crippen molar-refractivity contribution in [2.45, 2.75) is 38.0 Å². The molecule has 1 aromatic carbocycles. The Bertz CT molecular complexity index is 600. The van der Waals surface area contributed by atoms with Gasteiger partial charge in [-0.15, -0.1) is 0 Å². The van der Waals surface area contributed by atoms with Crippen LogP contribution < -0.4 is 10.5 Å². The predicted molar refractivity (Wildman–Crippen MR) is 74.4 cm³/mol. The summed E-state index contributed by atoms with van der Waals surface area (Å²) in [6, 6.07) is 2.07. The van der Waals surface area contributed by atoms with Gasteiger partial charge in [0.1, 0.15) is 5.82 Å². The van der Waals surface area contributed by atoms with E-state index in [9.17, 15) is 17.6 Å². The Morgan fingerprint density at radius 2 is 2.00 bits per heavy atom. The normalized spacial score (nSPS) is 11.4. The van der Waals surface area contributed by atoms with Crippen LogP contribution in [0.3, 0.4) is 0 Å². The number of halogens is 1. The first-order chi connectivity index (χ1) is 9.27. The van der Waals surface area contributed by atoms with Crippen molar-refractivity contribution in [1.29, 1.82) is 0 Å². The van der Waals surface area contributed by atoms with Crippen molar-refractivity contribution in [3.05, 3.63) is 29.1 Å². The molecule has 0 saturated heterocycles. The Kier molecular flexibility index (Phi) is 5.64. The molecule has 0 heterocycles.